The molecule has 0 radical (unpaired) electrons. The standard InChI is InChI=1S/C21H18N4O3S/c1-12-9-13(2)23-21(22-12)29-16-6-4-15(5-7-16)24-20(27)14-3-8-17-18(10-14)28-11-19(26)25-17/h3-10H,11H2,1-2H3,(H,24,27)(H,25,26). The molecule has 146 valence electrons. The van der Waals surface area contributed by atoms with Crippen LogP contribution in [0.15, 0.2) is 58.6 Å². The molecule has 1 aliphatic heterocycles. The van der Waals surface area contributed by atoms with Gasteiger partial charge in [0.15, 0.2) is 11.8 Å². The first-order valence-electron chi connectivity index (χ1n) is 8.94. The third-order valence-corrected chi connectivity index (χ3v) is 5.03. The van der Waals surface area contributed by atoms with Gasteiger partial charge in [0.25, 0.3) is 11.8 Å². The van der Waals surface area contributed by atoms with E-state index in [1.54, 1.807) is 18.2 Å². The zero-order valence-corrected chi connectivity index (χ0v) is 16.7. The Kier molecular flexibility index (Phi) is 5.18. The molecule has 0 saturated heterocycles. The summed E-state index contributed by atoms with van der Waals surface area (Å²) in [6.07, 6.45) is 0. The highest BCUT2D eigenvalue weighted by molar-refractivity contribution is 7.99. The van der Waals surface area contributed by atoms with E-state index in [1.165, 1.54) is 11.8 Å². The molecule has 29 heavy (non-hydrogen) atoms. The van der Waals surface area contributed by atoms with Crippen LogP contribution < -0.4 is 15.4 Å². The quantitative estimate of drug-likeness (QED) is 0.640. The Morgan fingerprint density at radius 3 is 2.52 bits per heavy atom. The molecule has 0 spiro atoms. The zero-order chi connectivity index (χ0) is 20.4. The summed E-state index contributed by atoms with van der Waals surface area (Å²) in [6, 6.07) is 14.3. The molecule has 2 N–H and O–H groups in total. The molecule has 2 amide bonds. The summed E-state index contributed by atoms with van der Waals surface area (Å²) in [5, 5.41) is 6.26. The number of rotatable bonds is 4. The second-order valence-corrected chi connectivity index (χ2v) is 7.60. The van der Waals surface area contributed by atoms with E-state index in [-0.39, 0.29) is 18.4 Å². The van der Waals surface area contributed by atoms with Gasteiger partial charge in [-0.25, -0.2) is 9.97 Å². The molecule has 0 saturated carbocycles. The maximum atomic E-state index is 12.5. The predicted octanol–water partition coefficient (Wildman–Crippen LogP) is 3.83. The Morgan fingerprint density at radius 2 is 1.79 bits per heavy atom. The Morgan fingerprint density at radius 1 is 1.07 bits per heavy atom. The van der Waals surface area contributed by atoms with Crippen LogP contribution in [-0.2, 0) is 4.79 Å². The van der Waals surface area contributed by atoms with Crippen LogP contribution in [0.2, 0.25) is 0 Å². The van der Waals surface area contributed by atoms with E-state index in [9.17, 15) is 9.59 Å². The summed E-state index contributed by atoms with van der Waals surface area (Å²) < 4.78 is 5.36. The van der Waals surface area contributed by atoms with Crippen LogP contribution in [0.5, 0.6) is 5.75 Å². The number of nitrogens with zero attached hydrogens (tertiary/aromatic N) is 2. The highest BCUT2D eigenvalue weighted by Crippen LogP contribution is 2.29. The van der Waals surface area contributed by atoms with Crippen molar-refractivity contribution in [1.82, 2.24) is 9.97 Å². The van der Waals surface area contributed by atoms with Crippen molar-refractivity contribution in [3.63, 3.8) is 0 Å². The molecule has 0 fully saturated rings. The third-order valence-electron chi connectivity index (χ3n) is 4.16. The summed E-state index contributed by atoms with van der Waals surface area (Å²) >= 11 is 1.47. The van der Waals surface area contributed by atoms with Gasteiger partial charge in [-0.1, -0.05) is 0 Å². The number of amides is 2. The number of benzene rings is 2. The normalized spacial score (nSPS) is 12.6. The summed E-state index contributed by atoms with van der Waals surface area (Å²) in [5.41, 5.74) is 3.54. The number of ether oxygens (including phenoxy) is 1. The summed E-state index contributed by atoms with van der Waals surface area (Å²) in [5.74, 6) is 0.0164. The fraction of sp³-hybridized carbons (Fsp3) is 0.143. The van der Waals surface area contributed by atoms with Gasteiger partial charge in [0.05, 0.1) is 5.69 Å². The van der Waals surface area contributed by atoms with Crippen LogP contribution in [0.4, 0.5) is 11.4 Å². The maximum Gasteiger partial charge on any atom is 0.262 e. The van der Waals surface area contributed by atoms with E-state index in [0.29, 0.717) is 27.8 Å². The first kappa shape index (κ1) is 18.9. The molecule has 0 unspecified atom stereocenters. The number of anilines is 2. The SMILES string of the molecule is Cc1cc(C)nc(Sc2ccc(NC(=O)c3ccc4c(c3)OCC(=O)N4)cc2)n1. The lowest BCUT2D eigenvalue weighted by Gasteiger charge is -2.18. The molecule has 2 heterocycles. The topological polar surface area (TPSA) is 93.2 Å². The minimum Gasteiger partial charge on any atom is -0.482 e. The van der Waals surface area contributed by atoms with Crippen LogP contribution in [0.25, 0.3) is 0 Å². The van der Waals surface area contributed by atoms with Crippen molar-refractivity contribution < 1.29 is 14.3 Å². The van der Waals surface area contributed by atoms with Crippen molar-refractivity contribution in [3.8, 4) is 5.75 Å². The lowest BCUT2D eigenvalue weighted by Crippen LogP contribution is -2.25. The Hall–Kier alpha value is -3.39. The van der Waals surface area contributed by atoms with Gasteiger partial charge < -0.3 is 15.4 Å². The monoisotopic (exact) mass is 406 g/mol. The molecule has 1 aromatic heterocycles. The van der Waals surface area contributed by atoms with E-state index in [4.69, 9.17) is 4.74 Å². The third kappa shape index (κ3) is 4.55. The second kappa shape index (κ2) is 7.92. The molecule has 0 aliphatic carbocycles. The van der Waals surface area contributed by atoms with Crippen LogP contribution in [-0.4, -0.2) is 28.4 Å². The van der Waals surface area contributed by atoms with Crippen LogP contribution >= 0.6 is 11.8 Å². The number of aromatic nitrogens is 2. The average molecular weight is 406 g/mol. The van der Waals surface area contributed by atoms with E-state index < -0.39 is 0 Å². The number of aryl methyl sites for hydroxylation is 2. The highest BCUT2D eigenvalue weighted by atomic mass is 32.2. The Balaban J connectivity index is 1.43. The van der Waals surface area contributed by atoms with Gasteiger partial charge in [0, 0.05) is 27.5 Å². The number of hydrogen-bond donors (Lipinski definition) is 2. The van der Waals surface area contributed by atoms with Gasteiger partial charge in [-0.15, -0.1) is 0 Å². The molecular formula is C21H18N4O3S. The van der Waals surface area contributed by atoms with Crippen LogP contribution in [0.1, 0.15) is 21.7 Å². The van der Waals surface area contributed by atoms with Gasteiger partial charge in [-0.05, 0) is 74.1 Å². The molecular weight excluding hydrogens is 388 g/mol. The Labute approximate surface area is 171 Å². The molecule has 3 aromatic rings. The van der Waals surface area contributed by atoms with Gasteiger partial charge in [-0.2, -0.15) is 0 Å². The lowest BCUT2D eigenvalue weighted by atomic mass is 10.1. The molecule has 8 heteroatoms. The van der Waals surface area contributed by atoms with Gasteiger partial charge in [0.1, 0.15) is 5.75 Å². The summed E-state index contributed by atoms with van der Waals surface area (Å²) in [6.45, 7) is 3.83. The molecule has 1 aliphatic rings. The summed E-state index contributed by atoms with van der Waals surface area (Å²) in [7, 11) is 0. The molecule has 4 rings (SSSR count). The summed E-state index contributed by atoms with van der Waals surface area (Å²) in [4.78, 5) is 33.7. The van der Waals surface area contributed by atoms with E-state index >= 15 is 0 Å². The van der Waals surface area contributed by atoms with E-state index in [0.717, 1.165) is 16.3 Å². The van der Waals surface area contributed by atoms with Gasteiger partial charge in [-0.3, -0.25) is 9.59 Å². The first-order valence-corrected chi connectivity index (χ1v) is 9.76. The average Bonchev–Trinajstić information content (AvgIpc) is 2.68. The molecule has 2 aromatic carbocycles. The molecule has 0 bridgehead atoms. The largest absolute Gasteiger partial charge is 0.482 e. The first-order chi connectivity index (χ1) is 14.0. The van der Waals surface area contributed by atoms with Crippen molar-refractivity contribution in [3.05, 3.63) is 65.5 Å². The highest BCUT2D eigenvalue weighted by Gasteiger charge is 2.18. The van der Waals surface area contributed by atoms with Gasteiger partial charge >= 0.3 is 0 Å². The van der Waals surface area contributed by atoms with Crippen molar-refractivity contribution in [2.75, 3.05) is 17.2 Å². The number of hydrogen-bond acceptors (Lipinski definition) is 6. The maximum absolute atomic E-state index is 12.5. The van der Waals surface area contributed by atoms with Crippen molar-refractivity contribution in [1.29, 1.82) is 0 Å². The zero-order valence-electron chi connectivity index (χ0n) is 15.9. The Bertz CT molecular complexity index is 1080. The van der Waals surface area contributed by atoms with Gasteiger partial charge in [0.2, 0.25) is 0 Å². The van der Waals surface area contributed by atoms with Crippen molar-refractivity contribution in [2.45, 2.75) is 23.9 Å². The minimum atomic E-state index is -0.258. The fourth-order valence-electron chi connectivity index (χ4n) is 2.87. The van der Waals surface area contributed by atoms with E-state index in [1.807, 2.05) is 44.2 Å². The van der Waals surface area contributed by atoms with Crippen LogP contribution in [0.3, 0.4) is 0 Å². The smallest absolute Gasteiger partial charge is 0.262 e. The number of carbonyl (C=O) groups is 2. The number of fused-ring (bicyclic) bond motifs is 1. The molecule has 0 atom stereocenters. The van der Waals surface area contributed by atoms with Crippen molar-refractivity contribution in [2.24, 2.45) is 0 Å². The number of carbonyl (C=O) groups excluding carboxylic acids is 2. The van der Waals surface area contributed by atoms with E-state index in [2.05, 4.69) is 20.6 Å². The lowest BCUT2D eigenvalue weighted by molar-refractivity contribution is -0.118. The fourth-order valence-corrected chi connectivity index (χ4v) is 3.73. The van der Waals surface area contributed by atoms with Crippen molar-refractivity contribution >= 4 is 35.0 Å². The second-order valence-electron chi connectivity index (χ2n) is 6.56. The molecule has 7 nitrogen and oxygen atoms in total. The minimum absolute atomic E-state index is 0.0542. The predicted molar refractivity (Wildman–Crippen MR) is 111 cm³/mol. The number of nitrogens with one attached hydrogen (secondary N) is 2. The van der Waals surface area contributed by atoms with Crippen LogP contribution in [0, 0.1) is 13.8 Å².